The quantitative estimate of drug-likeness (QED) is 0.731. The number of hydrogen-bond acceptors (Lipinski definition) is 6. The Balaban J connectivity index is 1.13. The Bertz CT molecular complexity index is 733. The molecule has 3 saturated heterocycles. The predicted octanol–water partition coefficient (Wildman–Crippen LogP) is 3.53. The van der Waals surface area contributed by atoms with E-state index in [-0.39, 0.29) is 11.5 Å². The first kappa shape index (κ1) is 20.4. The number of ether oxygens (including phenoxy) is 1. The van der Waals surface area contributed by atoms with Crippen LogP contribution >= 0.6 is 0 Å². The number of nitrogens with zero attached hydrogens (tertiary/aromatic N) is 4. The molecule has 0 radical (unpaired) electrons. The zero-order chi connectivity index (χ0) is 20.6. The molecule has 1 saturated carbocycles. The first-order valence-corrected chi connectivity index (χ1v) is 12.0. The highest BCUT2D eigenvalue weighted by atomic mass is 16.5. The van der Waals surface area contributed by atoms with Crippen molar-refractivity contribution in [3.8, 4) is 0 Å². The second kappa shape index (κ2) is 8.58. The first-order chi connectivity index (χ1) is 14.6. The number of carbonyl (C=O) groups is 1. The van der Waals surface area contributed by atoms with Gasteiger partial charge in [-0.25, -0.2) is 0 Å². The minimum atomic E-state index is 0.172. The molecule has 5 rings (SSSR count). The van der Waals surface area contributed by atoms with Crippen LogP contribution in [0.25, 0.3) is 0 Å². The fraction of sp³-hybridized carbons (Fsp3) is 0.870. The van der Waals surface area contributed by atoms with Crippen molar-refractivity contribution in [3.63, 3.8) is 0 Å². The van der Waals surface area contributed by atoms with E-state index in [1.54, 1.807) is 0 Å². The van der Waals surface area contributed by atoms with Gasteiger partial charge in [-0.3, -0.25) is 9.69 Å². The summed E-state index contributed by atoms with van der Waals surface area (Å²) in [7, 11) is 2.14. The topological polar surface area (TPSA) is 71.7 Å². The van der Waals surface area contributed by atoms with Gasteiger partial charge < -0.3 is 14.1 Å². The summed E-state index contributed by atoms with van der Waals surface area (Å²) >= 11 is 0. The third-order valence-electron chi connectivity index (χ3n) is 7.95. The number of carbonyl (C=O) groups excluding carboxylic acids is 1. The lowest BCUT2D eigenvalue weighted by atomic mass is 9.77. The van der Waals surface area contributed by atoms with Crippen LogP contribution in [0.2, 0.25) is 0 Å². The van der Waals surface area contributed by atoms with Gasteiger partial charge in [0.25, 0.3) is 0 Å². The van der Waals surface area contributed by atoms with E-state index in [9.17, 15) is 4.79 Å². The van der Waals surface area contributed by atoms with Gasteiger partial charge in [-0.05, 0) is 38.6 Å². The zero-order valence-electron chi connectivity index (χ0n) is 18.4. The third-order valence-corrected chi connectivity index (χ3v) is 7.95. The molecule has 4 fully saturated rings. The van der Waals surface area contributed by atoms with Crippen molar-refractivity contribution in [1.82, 2.24) is 20.0 Å². The normalized spacial score (nSPS) is 28.2. The maximum Gasteiger partial charge on any atom is 0.233 e. The molecular formula is C23H36N4O3. The molecule has 0 N–H and O–H groups in total. The lowest BCUT2D eigenvalue weighted by molar-refractivity contribution is -0.143. The van der Waals surface area contributed by atoms with E-state index in [4.69, 9.17) is 9.15 Å². The molecule has 1 aliphatic carbocycles. The van der Waals surface area contributed by atoms with Crippen molar-refractivity contribution in [2.24, 2.45) is 11.3 Å². The van der Waals surface area contributed by atoms with E-state index >= 15 is 0 Å². The number of aromatic nitrogens is 2. The second-order valence-electron chi connectivity index (χ2n) is 10.3. The zero-order valence-corrected chi connectivity index (χ0v) is 18.4. The van der Waals surface area contributed by atoms with Crippen molar-refractivity contribution >= 4 is 5.91 Å². The highest BCUT2D eigenvalue weighted by Crippen LogP contribution is 2.48. The van der Waals surface area contributed by atoms with Crippen LogP contribution in [-0.2, 0) is 9.53 Å². The van der Waals surface area contributed by atoms with E-state index in [2.05, 4.69) is 27.0 Å². The fourth-order valence-corrected chi connectivity index (χ4v) is 6.17. The molecule has 0 aromatic carbocycles. The Morgan fingerprint density at radius 1 is 1.03 bits per heavy atom. The van der Waals surface area contributed by atoms with Gasteiger partial charge in [0.15, 0.2) is 0 Å². The highest BCUT2D eigenvalue weighted by Gasteiger charge is 2.53. The lowest BCUT2D eigenvalue weighted by Crippen LogP contribution is -2.59. The molecule has 7 nitrogen and oxygen atoms in total. The van der Waals surface area contributed by atoms with E-state index in [1.807, 2.05) is 0 Å². The van der Waals surface area contributed by atoms with Gasteiger partial charge in [0.2, 0.25) is 17.7 Å². The van der Waals surface area contributed by atoms with Crippen LogP contribution in [-0.4, -0.2) is 65.8 Å². The van der Waals surface area contributed by atoms with Crippen LogP contribution in [0.4, 0.5) is 0 Å². The van der Waals surface area contributed by atoms with Crippen LogP contribution < -0.4 is 0 Å². The molecule has 1 unspecified atom stereocenters. The average molecular weight is 417 g/mol. The van der Waals surface area contributed by atoms with Crippen LogP contribution in [0.3, 0.4) is 0 Å². The van der Waals surface area contributed by atoms with E-state index in [1.165, 1.54) is 32.1 Å². The number of likely N-dealkylation sites (tertiary alicyclic amines) is 2. The Morgan fingerprint density at radius 3 is 2.53 bits per heavy atom. The molecule has 1 spiro atoms. The smallest absolute Gasteiger partial charge is 0.233 e. The number of rotatable bonds is 5. The molecule has 4 aliphatic rings. The summed E-state index contributed by atoms with van der Waals surface area (Å²) in [5.74, 6) is 3.00. The van der Waals surface area contributed by atoms with Crippen molar-refractivity contribution in [2.75, 3.05) is 39.9 Å². The van der Waals surface area contributed by atoms with Gasteiger partial charge in [-0.15, -0.1) is 10.2 Å². The minimum absolute atomic E-state index is 0.172. The summed E-state index contributed by atoms with van der Waals surface area (Å²) in [5.41, 5.74) is 0.202. The predicted molar refractivity (Wildman–Crippen MR) is 112 cm³/mol. The maximum absolute atomic E-state index is 12.7. The van der Waals surface area contributed by atoms with Crippen molar-refractivity contribution in [3.05, 3.63) is 11.8 Å². The van der Waals surface area contributed by atoms with Crippen molar-refractivity contribution in [1.29, 1.82) is 0 Å². The molecule has 1 aromatic heterocycles. The number of amides is 1. The highest BCUT2D eigenvalue weighted by molar-refractivity contribution is 5.77. The van der Waals surface area contributed by atoms with E-state index < -0.39 is 0 Å². The Kier molecular flexibility index (Phi) is 5.84. The molecule has 166 valence electrons. The Morgan fingerprint density at radius 2 is 1.77 bits per heavy atom. The largest absolute Gasteiger partial charge is 0.423 e. The summed E-state index contributed by atoms with van der Waals surface area (Å²) in [6.45, 7) is 4.33. The standard InChI is InChI=1S/C23H36N4O3/c1-26-14-23(15-27(16-23)20(28)8-7-17-5-3-2-4-6-17)13-19(26)22-25-24-21(30-22)18-9-11-29-12-10-18/h17-19H,2-16H2,1H3. The Hall–Kier alpha value is -1.47. The monoisotopic (exact) mass is 416 g/mol. The Labute approximate surface area is 179 Å². The van der Waals surface area contributed by atoms with Gasteiger partial charge >= 0.3 is 0 Å². The molecule has 3 aliphatic heterocycles. The SMILES string of the molecule is CN1CC2(CC1c1nnc(C3CCOCC3)o1)CN(C(=O)CCC1CCCCC1)C2. The van der Waals surface area contributed by atoms with Gasteiger partial charge in [0.1, 0.15) is 0 Å². The third kappa shape index (κ3) is 4.15. The summed E-state index contributed by atoms with van der Waals surface area (Å²) in [5, 5.41) is 8.76. The van der Waals surface area contributed by atoms with Gasteiger partial charge in [0, 0.05) is 50.6 Å². The number of hydrogen-bond donors (Lipinski definition) is 0. The fourth-order valence-electron chi connectivity index (χ4n) is 6.17. The summed E-state index contributed by atoms with van der Waals surface area (Å²) in [4.78, 5) is 17.1. The summed E-state index contributed by atoms with van der Waals surface area (Å²) in [6, 6.07) is 0.172. The molecule has 1 aromatic rings. The molecule has 1 amide bonds. The van der Waals surface area contributed by atoms with E-state index in [0.717, 1.165) is 82.7 Å². The average Bonchev–Trinajstić information content (AvgIpc) is 3.37. The van der Waals surface area contributed by atoms with Crippen LogP contribution in [0.5, 0.6) is 0 Å². The van der Waals surface area contributed by atoms with Crippen molar-refractivity contribution in [2.45, 2.75) is 76.2 Å². The second-order valence-corrected chi connectivity index (χ2v) is 10.3. The van der Waals surface area contributed by atoms with Crippen LogP contribution in [0.15, 0.2) is 4.42 Å². The van der Waals surface area contributed by atoms with Gasteiger partial charge in [-0.2, -0.15) is 0 Å². The molecule has 0 bridgehead atoms. The molecule has 4 heterocycles. The molecular weight excluding hydrogens is 380 g/mol. The molecule has 7 heteroatoms. The van der Waals surface area contributed by atoms with Gasteiger partial charge in [0.05, 0.1) is 6.04 Å². The van der Waals surface area contributed by atoms with Crippen molar-refractivity contribution < 1.29 is 13.9 Å². The van der Waals surface area contributed by atoms with E-state index in [0.29, 0.717) is 11.8 Å². The maximum atomic E-state index is 12.7. The molecule has 30 heavy (non-hydrogen) atoms. The minimum Gasteiger partial charge on any atom is -0.423 e. The van der Waals surface area contributed by atoms with Gasteiger partial charge in [-0.1, -0.05) is 32.1 Å². The summed E-state index contributed by atoms with van der Waals surface area (Å²) in [6.07, 6.45) is 11.5. The van der Waals surface area contributed by atoms with Crippen LogP contribution in [0, 0.1) is 11.3 Å². The van der Waals surface area contributed by atoms with Crippen LogP contribution in [0.1, 0.15) is 87.9 Å². The summed E-state index contributed by atoms with van der Waals surface area (Å²) < 4.78 is 11.6. The lowest BCUT2D eigenvalue weighted by Gasteiger charge is -2.48. The first-order valence-electron chi connectivity index (χ1n) is 12.0. The molecule has 1 atom stereocenters.